The Morgan fingerprint density at radius 2 is 2.17 bits per heavy atom. The molecule has 0 radical (unpaired) electrons. The van der Waals surface area contributed by atoms with Crippen LogP contribution in [0.25, 0.3) is 6.08 Å². The molecular weight excluding hydrogens is 254 g/mol. The SMILES string of the molecule is CC(=O)Oc1cccc(C=C2SC(=O)NC2=O)c1. The van der Waals surface area contributed by atoms with Gasteiger partial charge in [0.1, 0.15) is 5.75 Å². The van der Waals surface area contributed by atoms with Crippen molar-refractivity contribution >= 4 is 35.0 Å². The normalized spacial score (nSPS) is 16.8. The molecule has 0 aliphatic carbocycles. The lowest BCUT2D eigenvalue weighted by Crippen LogP contribution is -2.17. The Labute approximate surface area is 107 Å². The summed E-state index contributed by atoms with van der Waals surface area (Å²) in [6.45, 7) is 1.31. The number of ether oxygens (including phenoxy) is 1. The number of rotatable bonds is 2. The van der Waals surface area contributed by atoms with Crippen LogP contribution in [0, 0.1) is 0 Å². The molecule has 1 aliphatic rings. The first-order valence-electron chi connectivity index (χ1n) is 5.08. The molecule has 2 rings (SSSR count). The Morgan fingerprint density at radius 3 is 2.78 bits per heavy atom. The molecule has 1 N–H and O–H groups in total. The topological polar surface area (TPSA) is 72.5 Å². The number of esters is 1. The number of hydrogen-bond acceptors (Lipinski definition) is 5. The Bertz CT molecular complexity index is 565. The van der Waals surface area contributed by atoms with E-state index in [1.807, 2.05) is 0 Å². The van der Waals surface area contributed by atoms with Crippen molar-refractivity contribution in [3.8, 4) is 5.75 Å². The minimum absolute atomic E-state index is 0.319. The summed E-state index contributed by atoms with van der Waals surface area (Å²) >= 11 is 0.842. The fourth-order valence-corrected chi connectivity index (χ4v) is 2.09. The van der Waals surface area contributed by atoms with Gasteiger partial charge in [0.2, 0.25) is 0 Å². The van der Waals surface area contributed by atoms with Crippen LogP contribution in [0.1, 0.15) is 12.5 Å². The molecule has 1 heterocycles. The van der Waals surface area contributed by atoms with E-state index < -0.39 is 11.9 Å². The highest BCUT2D eigenvalue weighted by Crippen LogP contribution is 2.26. The second-order valence-corrected chi connectivity index (χ2v) is 4.53. The maximum Gasteiger partial charge on any atom is 0.308 e. The van der Waals surface area contributed by atoms with Crippen LogP contribution < -0.4 is 10.1 Å². The van der Waals surface area contributed by atoms with Crippen LogP contribution in [0.5, 0.6) is 5.75 Å². The van der Waals surface area contributed by atoms with Gasteiger partial charge in [-0.1, -0.05) is 12.1 Å². The largest absolute Gasteiger partial charge is 0.427 e. The summed E-state index contributed by atoms with van der Waals surface area (Å²) in [5, 5.41) is 1.78. The van der Waals surface area contributed by atoms with Gasteiger partial charge in [-0.05, 0) is 35.5 Å². The van der Waals surface area contributed by atoms with Gasteiger partial charge in [-0.3, -0.25) is 19.7 Å². The molecular formula is C12H9NO4S. The molecule has 1 saturated heterocycles. The van der Waals surface area contributed by atoms with Crippen molar-refractivity contribution in [1.82, 2.24) is 5.32 Å². The van der Waals surface area contributed by atoms with Gasteiger partial charge >= 0.3 is 5.97 Å². The van der Waals surface area contributed by atoms with Crippen molar-refractivity contribution in [2.75, 3.05) is 0 Å². The monoisotopic (exact) mass is 263 g/mol. The first-order chi connectivity index (χ1) is 8.54. The number of nitrogens with one attached hydrogen (secondary N) is 1. The van der Waals surface area contributed by atoms with E-state index in [-0.39, 0.29) is 5.24 Å². The number of thioether (sulfide) groups is 1. The van der Waals surface area contributed by atoms with E-state index in [2.05, 4.69) is 5.32 Å². The summed E-state index contributed by atoms with van der Waals surface area (Å²) < 4.78 is 4.92. The van der Waals surface area contributed by atoms with Crippen LogP contribution in [0.15, 0.2) is 29.2 Å². The first kappa shape index (κ1) is 12.4. The number of benzene rings is 1. The number of carbonyl (C=O) groups excluding carboxylic acids is 3. The minimum atomic E-state index is -0.414. The quantitative estimate of drug-likeness (QED) is 0.501. The van der Waals surface area contributed by atoms with Crippen molar-refractivity contribution in [1.29, 1.82) is 0 Å². The van der Waals surface area contributed by atoms with Crippen LogP contribution in [0.4, 0.5) is 4.79 Å². The van der Waals surface area contributed by atoms with Gasteiger partial charge in [0.15, 0.2) is 0 Å². The Morgan fingerprint density at radius 1 is 1.39 bits per heavy atom. The predicted molar refractivity (Wildman–Crippen MR) is 66.9 cm³/mol. The van der Waals surface area contributed by atoms with E-state index >= 15 is 0 Å². The molecule has 0 bridgehead atoms. The van der Waals surface area contributed by atoms with Gasteiger partial charge in [0, 0.05) is 6.92 Å². The fourth-order valence-electron chi connectivity index (χ4n) is 1.41. The number of hydrogen-bond donors (Lipinski definition) is 1. The van der Waals surface area contributed by atoms with Crippen LogP contribution in [-0.4, -0.2) is 17.1 Å². The highest BCUT2D eigenvalue weighted by atomic mass is 32.2. The lowest BCUT2D eigenvalue weighted by molar-refractivity contribution is -0.131. The first-order valence-corrected chi connectivity index (χ1v) is 5.89. The van der Waals surface area contributed by atoms with E-state index in [0.717, 1.165) is 11.8 Å². The summed E-state index contributed by atoms with van der Waals surface area (Å²) in [7, 11) is 0. The van der Waals surface area contributed by atoms with Gasteiger partial charge in [0.25, 0.3) is 11.1 Å². The molecule has 5 nitrogen and oxygen atoms in total. The maximum absolute atomic E-state index is 11.3. The molecule has 1 fully saturated rings. The van der Waals surface area contributed by atoms with Crippen LogP contribution in [-0.2, 0) is 9.59 Å². The van der Waals surface area contributed by atoms with Crippen molar-refractivity contribution in [3.05, 3.63) is 34.7 Å². The fraction of sp³-hybridized carbons (Fsp3) is 0.0833. The average molecular weight is 263 g/mol. The Balaban J connectivity index is 2.24. The van der Waals surface area contributed by atoms with Crippen molar-refractivity contribution in [3.63, 3.8) is 0 Å². The van der Waals surface area contributed by atoms with E-state index in [0.29, 0.717) is 16.2 Å². The molecule has 18 heavy (non-hydrogen) atoms. The van der Waals surface area contributed by atoms with E-state index in [4.69, 9.17) is 4.74 Å². The third-order valence-electron chi connectivity index (χ3n) is 2.06. The zero-order valence-electron chi connectivity index (χ0n) is 9.43. The number of imide groups is 1. The molecule has 0 unspecified atom stereocenters. The zero-order chi connectivity index (χ0) is 13.1. The summed E-state index contributed by atoms with van der Waals surface area (Å²) in [4.78, 5) is 33.5. The van der Waals surface area contributed by atoms with Gasteiger partial charge in [-0.25, -0.2) is 0 Å². The molecule has 0 saturated carbocycles. The lowest BCUT2D eigenvalue weighted by Gasteiger charge is -2.02. The Hall–Kier alpha value is -2.08. The number of carbonyl (C=O) groups is 3. The second kappa shape index (κ2) is 5.05. The maximum atomic E-state index is 11.3. The van der Waals surface area contributed by atoms with Gasteiger partial charge in [-0.15, -0.1) is 0 Å². The minimum Gasteiger partial charge on any atom is -0.427 e. The number of amides is 2. The van der Waals surface area contributed by atoms with Crippen molar-refractivity contribution < 1.29 is 19.1 Å². The molecule has 92 valence electrons. The lowest BCUT2D eigenvalue weighted by atomic mass is 10.2. The highest BCUT2D eigenvalue weighted by Gasteiger charge is 2.24. The van der Waals surface area contributed by atoms with Crippen molar-refractivity contribution in [2.45, 2.75) is 6.92 Å². The average Bonchev–Trinajstić information content (AvgIpc) is 2.57. The van der Waals surface area contributed by atoms with Gasteiger partial charge < -0.3 is 4.74 Å². The van der Waals surface area contributed by atoms with Gasteiger partial charge in [-0.2, -0.15) is 0 Å². The van der Waals surface area contributed by atoms with E-state index in [1.54, 1.807) is 30.3 Å². The van der Waals surface area contributed by atoms with Crippen LogP contribution >= 0.6 is 11.8 Å². The molecule has 2 amide bonds. The predicted octanol–water partition coefficient (Wildman–Crippen LogP) is 1.94. The third kappa shape index (κ3) is 2.98. The van der Waals surface area contributed by atoms with Crippen molar-refractivity contribution in [2.24, 2.45) is 0 Å². The molecule has 1 aromatic carbocycles. The standard InChI is InChI=1S/C12H9NO4S/c1-7(14)17-9-4-2-3-8(5-9)6-10-11(15)13-12(16)18-10/h2-6H,1H3,(H,13,15,16). The summed E-state index contributed by atoms with van der Waals surface area (Å²) in [5.74, 6) is -0.433. The molecule has 1 aromatic rings. The second-order valence-electron chi connectivity index (χ2n) is 3.52. The zero-order valence-corrected chi connectivity index (χ0v) is 10.2. The van der Waals surface area contributed by atoms with E-state index in [9.17, 15) is 14.4 Å². The highest BCUT2D eigenvalue weighted by molar-refractivity contribution is 8.18. The van der Waals surface area contributed by atoms with Crippen LogP contribution in [0.2, 0.25) is 0 Å². The molecule has 1 aliphatic heterocycles. The molecule has 6 heteroatoms. The summed E-state index contributed by atoms with van der Waals surface area (Å²) in [5.41, 5.74) is 0.682. The van der Waals surface area contributed by atoms with E-state index in [1.165, 1.54) is 6.92 Å². The smallest absolute Gasteiger partial charge is 0.308 e. The molecule has 0 aromatic heterocycles. The Kier molecular flexibility index (Phi) is 3.47. The molecule has 0 atom stereocenters. The molecule has 0 spiro atoms. The third-order valence-corrected chi connectivity index (χ3v) is 2.87. The van der Waals surface area contributed by atoms with Crippen LogP contribution in [0.3, 0.4) is 0 Å². The summed E-state index contributed by atoms with van der Waals surface area (Å²) in [6.07, 6.45) is 1.57. The summed E-state index contributed by atoms with van der Waals surface area (Å²) in [6, 6.07) is 6.70. The van der Waals surface area contributed by atoms with Gasteiger partial charge in [0.05, 0.1) is 4.91 Å².